The molecule has 0 unspecified atom stereocenters. The lowest BCUT2D eigenvalue weighted by atomic mass is 10.3. The Morgan fingerprint density at radius 1 is 1.50 bits per heavy atom. The van der Waals surface area contributed by atoms with Crippen molar-refractivity contribution in [3.05, 3.63) is 22.7 Å². The number of fused-ring (bicyclic) bond motifs is 1. The van der Waals surface area contributed by atoms with E-state index in [1.54, 1.807) is 11.3 Å². The first-order chi connectivity index (χ1) is 6.72. The van der Waals surface area contributed by atoms with Crippen LogP contribution in [0.5, 0.6) is 0 Å². The molecular weight excluding hydrogens is 260 g/mol. The third-order valence-corrected chi connectivity index (χ3v) is 3.61. The SMILES string of the molecule is CCC[n+]1c(N)sc2cc(Br)ccc21. The van der Waals surface area contributed by atoms with Crippen LogP contribution >= 0.6 is 27.3 Å². The zero-order valence-electron chi connectivity index (χ0n) is 7.96. The normalized spacial score (nSPS) is 11.0. The Morgan fingerprint density at radius 3 is 3.00 bits per heavy atom. The molecule has 0 aliphatic heterocycles. The van der Waals surface area contributed by atoms with Crippen LogP contribution < -0.4 is 10.3 Å². The first kappa shape index (κ1) is 9.93. The van der Waals surface area contributed by atoms with Gasteiger partial charge in [-0.25, -0.2) is 4.57 Å². The number of halogens is 1. The summed E-state index contributed by atoms with van der Waals surface area (Å²) in [6.07, 6.45) is 1.11. The van der Waals surface area contributed by atoms with Crippen molar-refractivity contribution in [2.75, 3.05) is 5.73 Å². The van der Waals surface area contributed by atoms with Crippen molar-refractivity contribution in [1.82, 2.24) is 0 Å². The summed E-state index contributed by atoms with van der Waals surface area (Å²) in [6, 6.07) is 6.28. The van der Waals surface area contributed by atoms with Crippen LogP contribution in [0.2, 0.25) is 0 Å². The van der Waals surface area contributed by atoms with Crippen LogP contribution in [-0.2, 0) is 6.54 Å². The van der Waals surface area contributed by atoms with Crippen LogP contribution in [0.25, 0.3) is 10.2 Å². The molecule has 2 aromatic rings. The van der Waals surface area contributed by atoms with Crippen molar-refractivity contribution in [1.29, 1.82) is 0 Å². The van der Waals surface area contributed by atoms with Crippen LogP contribution in [0.15, 0.2) is 22.7 Å². The van der Waals surface area contributed by atoms with Crippen molar-refractivity contribution < 1.29 is 4.57 Å². The van der Waals surface area contributed by atoms with E-state index >= 15 is 0 Å². The standard InChI is InChI=1S/C10H11BrN2S/c1-2-5-13-8-4-3-7(11)6-9(8)14-10(13)12/h3-4,6,12H,2,5H2,1H3/p+1. The molecular formula is C10H12BrN2S+. The first-order valence-corrected chi connectivity index (χ1v) is 6.20. The molecule has 2 N–H and O–H groups in total. The lowest BCUT2D eigenvalue weighted by Crippen LogP contribution is -2.34. The summed E-state index contributed by atoms with van der Waals surface area (Å²) in [6.45, 7) is 3.16. The molecule has 0 aliphatic carbocycles. The van der Waals surface area contributed by atoms with Gasteiger partial charge in [0.1, 0.15) is 5.52 Å². The summed E-state index contributed by atoms with van der Waals surface area (Å²) in [4.78, 5) is 0. The lowest BCUT2D eigenvalue weighted by Gasteiger charge is -1.96. The molecule has 0 saturated heterocycles. The van der Waals surface area contributed by atoms with Gasteiger partial charge in [-0.05, 0) is 36.0 Å². The van der Waals surface area contributed by atoms with E-state index in [1.807, 2.05) is 0 Å². The number of hydrogen-bond acceptors (Lipinski definition) is 2. The zero-order valence-corrected chi connectivity index (χ0v) is 10.4. The van der Waals surface area contributed by atoms with Crippen LogP contribution in [0, 0.1) is 0 Å². The summed E-state index contributed by atoms with van der Waals surface area (Å²) < 4.78 is 4.52. The predicted octanol–water partition coefficient (Wildman–Crippen LogP) is 2.94. The van der Waals surface area contributed by atoms with Crippen molar-refractivity contribution in [3.8, 4) is 0 Å². The van der Waals surface area contributed by atoms with E-state index in [1.165, 1.54) is 10.2 Å². The maximum Gasteiger partial charge on any atom is 0.332 e. The second-order valence-corrected chi connectivity index (χ2v) is 5.18. The highest BCUT2D eigenvalue weighted by Crippen LogP contribution is 2.25. The van der Waals surface area contributed by atoms with Crippen molar-refractivity contribution >= 4 is 42.6 Å². The Labute approximate surface area is 95.5 Å². The molecule has 0 saturated carbocycles. The minimum Gasteiger partial charge on any atom is -0.278 e. The molecule has 0 bridgehead atoms. The molecule has 2 rings (SSSR count). The van der Waals surface area contributed by atoms with Gasteiger partial charge in [0, 0.05) is 4.47 Å². The Kier molecular flexibility index (Phi) is 2.74. The smallest absolute Gasteiger partial charge is 0.278 e. The minimum atomic E-state index is 0.889. The third kappa shape index (κ3) is 1.64. The summed E-state index contributed by atoms with van der Waals surface area (Å²) >= 11 is 5.11. The number of nitrogen functional groups attached to an aromatic ring is 1. The number of aromatic nitrogens is 1. The van der Waals surface area contributed by atoms with Gasteiger partial charge in [0.05, 0.1) is 11.2 Å². The highest BCUT2D eigenvalue weighted by Gasteiger charge is 2.13. The Bertz CT molecular complexity index is 464. The lowest BCUT2D eigenvalue weighted by molar-refractivity contribution is -0.653. The van der Waals surface area contributed by atoms with E-state index in [-0.39, 0.29) is 0 Å². The average molecular weight is 272 g/mol. The zero-order chi connectivity index (χ0) is 10.1. The van der Waals surface area contributed by atoms with Gasteiger partial charge in [0.25, 0.3) is 0 Å². The number of hydrogen-bond donors (Lipinski definition) is 1. The second-order valence-electron chi connectivity index (χ2n) is 3.20. The van der Waals surface area contributed by atoms with Crippen LogP contribution in [0.1, 0.15) is 13.3 Å². The Hall–Kier alpha value is -0.610. The van der Waals surface area contributed by atoms with E-state index in [0.717, 1.165) is 22.6 Å². The summed E-state index contributed by atoms with van der Waals surface area (Å²) in [5, 5.41) is 0.889. The van der Waals surface area contributed by atoms with Gasteiger partial charge < -0.3 is 0 Å². The molecule has 14 heavy (non-hydrogen) atoms. The molecule has 0 radical (unpaired) electrons. The average Bonchev–Trinajstić information content (AvgIpc) is 2.43. The van der Waals surface area contributed by atoms with Gasteiger partial charge in [-0.3, -0.25) is 5.73 Å². The third-order valence-electron chi connectivity index (χ3n) is 2.14. The van der Waals surface area contributed by atoms with E-state index in [0.29, 0.717) is 0 Å². The highest BCUT2D eigenvalue weighted by molar-refractivity contribution is 9.10. The first-order valence-electron chi connectivity index (χ1n) is 4.59. The number of rotatable bonds is 2. The molecule has 0 spiro atoms. The quantitative estimate of drug-likeness (QED) is 0.837. The number of thiazole rings is 1. The predicted molar refractivity (Wildman–Crippen MR) is 64.4 cm³/mol. The monoisotopic (exact) mass is 271 g/mol. The van der Waals surface area contributed by atoms with Gasteiger partial charge in [-0.1, -0.05) is 22.9 Å². The summed E-state index contributed by atoms with van der Waals surface area (Å²) in [5.74, 6) is 0. The van der Waals surface area contributed by atoms with E-state index in [2.05, 4.69) is 45.6 Å². The molecule has 0 aliphatic rings. The highest BCUT2D eigenvalue weighted by atomic mass is 79.9. The number of anilines is 1. The fraction of sp³-hybridized carbons (Fsp3) is 0.300. The van der Waals surface area contributed by atoms with Gasteiger partial charge in [-0.2, -0.15) is 0 Å². The van der Waals surface area contributed by atoms with Gasteiger partial charge in [0.2, 0.25) is 0 Å². The maximum atomic E-state index is 5.96. The molecule has 2 nitrogen and oxygen atoms in total. The molecule has 1 aromatic heterocycles. The molecule has 0 fully saturated rings. The van der Waals surface area contributed by atoms with Gasteiger partial charge in [-0.15, -0.1) is 0 Å². The molecule has 1 heterocycles. The van der Waals surface area contributed by atoms with Crippen LogP contribution in [0.3, 0.4) is 0 Å². The summed E-state index contributed by atoms with van der Waals surface area (Å²) in [7, 11) is 0. The number of benzene rings is 1. The molecule has 0 amide bonds. The van der Waals surface area contributed by atoms with Crippen LogP contribution in [0.4, 0.5) is 5.13 Å². The Balaban J connectivity index is 2.64. The van der Waals surface area contributed by atoms with Crippen molar-refractivity contribution in [2.45, 2.75) is 19.9 Å². The number of nitrogens with zero attached hydrogens (tertiary/aromatic N) is 1. The molecule has 1 aromatic carbocycles. The fourth-order valence-electron chi connectivity index (χ4n) is 1.53. The van der Waals surface area contributed by atoms with Crippen molar-refractivity contribution in [3.63, 3.8) is 0 Å². The molecule has 4 heteroatoms. The van der Waals surface area contributed by atoms with Gasteiger partial charge >= 0.3 is 5.13 Å². The Morgan fingerprint density at radius 2 is 2.29 bits per heavy atom. The van der Waals surface area contributed by atoms with Crippen LogP contribution in [-0.4, -0.2) is 0 Å². The van der Waals surface area contributed by atoms with Crippen molar-refractivity contribution in [2.24, 2.45) is 0 Å². The van der Waals surface area contributed by atoms with E-state index in [4.69, 9.17) is 5.73 Å². The minimum absolute atomic E-state index is 0.889. The molecule has 74 valence electrons. The number of nitrogens with two attached hydrogens (primary N) is 1. The maximum absolute atomic E-state index is 5.96. The topological polar surface area (TPSA) is 29.9 Å². The summed E-state index contributed by atoms with van der Waals surface area (Å²) in [5.41, 5.74) is 7.19. The van der Waals surface area contributed by atoms with E-state index in [9.17, 15) is 0 Å². The second kappa shape index (κ2) is 3.87. The van der Waals surface area contributed by atoms with E-state index < -0.39 is 0 Å². The number of aryl methyl sites for hydroxylation is 1. The molecule has 0 atom stereocenters. The van der Waals surface area contributed by atoms with Gasteiger partial charge in [0.15, 0.2) is 0 Å². The largest absolute Gasteiger partial charge is 0.332 e. The fourth-order valence-corrected chi connectivity index (χ4v) is 3.04.